The van der Waals surface area contributed by atoms with Crippen LogP contribution in [0.5, 0.6) is 11.6 Å². The monoisotopic (exact) mass is 284 g/mol. The molecule has 0 bridgehead atoms. The number of nitrogens with zero attached hydrogens (tertiary/aromatic N) is 1. The molecule has 1 saturated heterocycles. The van der Waals surface area contributed by atoms with E-state index in [-0.39, 0.29) is 6.10 Å². The van der Waals surface area contributed by atoms with Crippen LogP contribution in [0.2, 0.25) is 0 Å². The molecular formula is C17H20N2O2. The van der Waals surface area contributed by atoms with Crippen molar-refractivity contribution in [2.75, 3.05) is 13.7 Å². The Morgan fingerprint density at radius 3 is 2.90 bits per heavy atom. The lowest BCUT2D eigenvalue weighted by atomic mass is 10.1. The molecule has 110 valence electrons. The number of ether oxygens (including phenoxy) is 2. The van der Waals surface area contributed by atoms with E-state index in [9.17, 15) is 0 Å². The van der Waals surface area contributed by atoms with Crippen molar-refractivity contribution in [1.82, 2.24) is 10.3 Å². The second-order valence-corrected chi connectivity index (χ2v) is 5.43. The molecule has 0 spiro atoms. The summed E-state index contributed by atoms with van der Waals surface area (Å²) in [5.41, 5.74) is 1.79. The van der Waals surface area contributed by atoms with Gasteiger partial charge >= 0.3 is 0 Å². The molecule has 0 radical (unpaired) electrons. The van der Waals surface area contributed by atoms with E-state index in [1.807, 2.05) is 18.2 Å². The van der Waals surface area contributed by atoms with Crippen LogP contribution in [0.3, 0.4) is 0 Å². The number of hydrogen-bond acceptors (Lipinski definition) is 4. The van der Waals surface area contributed by atoms with Gasteiger partial charge in [0.1, 0.15) is 11.9 Å². The minimum atomic E-state index is 0.161. The Kier molecular flexibility index (Phi) is 3.80. The summed E-state index contributed by atoms with van der Waals surface area (Å²) < 4.78 is 11.3. The highest BCUT2D eigenvalue weighted by molar-refractivity contribution is 5.83. The van der Waals surface area contributed by atoms with Gasteiger partial charge in [0.25, 0.3) is 0 Å². The SMILES string of the molecule is C=Cc1cc2ccc(OC)cc2nc1O[C@H]1CN[C@H](C)C1. The molecule has 1 aromatic heterocycles. The summed E-state index contributed by atoms with van der Waals surface area (Å²) in [5.74, 6) is 1.44. The fourth-order valence-corrected chi connectivity index (χ4v) is 2.65. The van der Waals surface area contributed by atoms with Crippen LogP contribution >= 0.6 is 0 Å². The zero-order valence-corrected chi connectivity index (χ0v) is 12.4. The number of methoxy groups -OCH3 is 1. The molecule has 0 saturated carbocycles. The fourth-order valence-electron chi connectivity index (χ4n) is 2.65. The minimum Gasteiger partial charge on any atom is -0.497 e. The molecule has 3 rings (SSSR count). The van der Waals surface area contributed by atoms with E-state index in [1.165, 1.54) is 0 Å². The van der Waals surface area contributed by atoms with Crippen molar-refractivity contribution in [1.29, 1.82) is 0 Å². The van der Waals surface area contributed by atoms with E-state index >= 15 is 0 Å². The van der Waals surface area contributed by atoms with Crippen molar-refractivity contribution in [3.05, 3.63) is 36.4 Å². The molecule has 1 fully saturated rings. The first-order valence-electron chi connectivity index (χ1n) is 7.21. The highest BCUT2D eigenvalue weighted by atomic mass is 16.5. The lowest BCUT2D eigenvalue weighted by Crippen LogP contribution is -2.21. The van der Waals surface area contributed by atoms with E-state index < -0.39 is 0 Å². The van der Waals surface area contributed by atoms with Crippen LogP contribution < -0.4 is 14.8 Å². The van der Waals surface area contributed by atoms with Gasteiger partial charge in [0.2, 0.25) is 5.88 Å². The second-order valence-electron chi connectivity index (χ2n) is 5.43. The van der Waals surface area contributed by atoms with Gasteiger partial charge < -0.3 is 14.8 Å². The maximum Gasteiger partial charge on any atom is 0.221 e. The van der Waals surface area contributed by atoms with Gasteiger partial charge in [0.05, 0.1) is 12.6 Å². The maximum absolute atomic E-state index is 6.06. The van der Waals surface area contributed by atoms with Gasteiger partial charge in [-0.15, -0.1) is 0 Å². The van der Waals surface area contributed by atoms with E-state index in [2.05, 4.69) is 29.9 Å². The molecule has 0 aliphatic carbocycles. The second kappa shape index (κ2) is 5.74. The van der Waals surface area contributed by atoms with Crippen LogP contribution in [-0.4, -0.2) is 30.8 Å². The molecule has 4 heteroatoms. The largest absolute Gasteiger partial charge is 0.497 e. The number of aromatic nitrogens is 1. The quantitative estimate of drug-likeness (QED) is 0.937. The van der Waals surface area contributed by atoms with Crippen LogP contribution in [0.15, 0.2) is 30.8 Å². The lowest BCUT2D eigenvalue weighted by molar-refractivity contribution is 0.212. The molecular weight excluding hydrogens is 264 g/mol. The molecule has 0 unspecified atom stereocenters. The van der Waals surface area contributed by atoms with E-state index in [1.54, 1.807) is 13.2 Å². The summed E-state index contributed by atoms with van der Waals surface area (Å²) in [7, 11) is 1.66. The molecule has 1 aliphatic heterocycles. The zero-order chi connectivity index (χ0) is 14.8. The van der Waals surface area contributed by atoms with E-state index in [0.29, 0.717) is 11.9 Å². The zero-order valence-electron chi connectivity index (χ0n) is 12.4. The molecule has 2 atom stereocenters. The third-order valence-electron chi connectivity index (χ3n) is 3.83. The van der Waals surface area contributed by atoms with Gasteiger partial charge in [-0.25, -0.2) is 4.98 Å². The highest BCUT2D eigenvalue weighted by Crippen LogP contribution is 2.27. The van der Waals surface area contributed by atoms with Gasteiger partial charge in [0, 0.05) is 36.0 Å². The van der Waals surface area contributed by atoms with Crippen molar-refractivity contribution in [2.24, 2.45) is 0 Å². The number of rotatable bonds is 4. The summed E-state index contributed by atoms with van der Waals surface area (Å²) in [6.45, 7) is 6.88. The third kappa shape index (κ3) is 2.85. The third-order valence-corrected chi connectivity index (χ3v) is 3.83. The van der Waals surface area contributed by atoms with Crippen LogP contribution in [-0.2, 0) is 0 Å². The smallest absolute Gasteiger partial charge is 0.221 e. The van der Waals surface area contributed by atoms with Gasteiger partial charge in [-0.2, -0.15) is 0 Å². The summed E-state index contributed by atoms with van der Waals surface area (Å²) >= 11 is 0. The number of pyridine rings is 1. The Balaban J connectivity index is 1.97. The standard InChI is InChI=1S/C17H20N2O2/c1-4-12-8-13-5-6-14(20-3)9-16(13)19-17(12)21-15-7-11(2)18-10-15/h4-6,8-9,11,15,18H,1,7,10H2,2-3H3/t11-,15-/m1/s1. The lowest BCUT2D eigenvalue weighted by Gasteiger charge is -2.15. The van der Waals surface area contributed by atoms with Crippen molar-refractivity contribution in [2.45, 2.75) is 25.5 Å². The summed E-state index contributed by atoms with van der Waals surface area (Å²) in [4.78, 5) is 4.64. The van der Waals surface area contributed by atoms with Crippen molar-refractivity contribution < 1.29 is 9.47 Å². The highest BCUT2D eigenvalue weighted by Gasteiger charge is 2.23. The van der Waals surface area contributed by atoms with Crippen molar-refractivity contribution in [3.63, 3.8) is 0 Å². The Bertz CT molecular complexity index is 669. The normalized spacial score (nSPS) is 21.4. The average molecular weight is 284 g/mol. The molecule has 1 aromatic carbocycles. The predicted molar refractivity (Wildman–Crippen MR) is 84.9 cm³/mol. The van der Waals surface area contributed by atoms with Crippen LogP contribution in [0.25, 0.3) is 17.0 Å². The first-order valence-corrected chi connectivity index (χ1v) is 7.21. The van der Waals surface area contributed by atoms with Gasteiger partial charge in [-0.1, -0.05) is 12.7 Å². The molecule has 2 heterocycles. The number of hydrogen-bond donors (Lipinski definition) is 1. The topological polar surface area (TPSA) is 43.4 Å². The first kappa shape index (κ1) is 13.9. The summed E-state index contributed by atoms with van der Waals surface area (Å²) in [6, 6.07) is 8.39. The van der Waals surface area contributed by atoms with Crippen LogP contribution in [0, 0.1) is 0 Å². The average Bonchev–Trinajstić information content (AvgIpc) is 2.91. The number of benzene rings is 1. The fraction of sp³-hybridized carbons (Fsp3) is 0.353. The summed E-state index contributed by atoms with van der Waals surface area (Å²) in [5, 5.41) is 4.44. The summed E-state index contributed by atoms with van der Waals surface area (Å²) in [6.07, 6.45) is 2.95. The Morgan fingerprint density at radius 2 is 2.24 bits per heavy atom. The van der Waals surface area contributed by atoms with Crippen LogP contribution in [0.1, 0.15) is 18.9 Å². The molecule has 4 nitrogen and oxygen atoms in total. The van der Waals surface area contributed by atoms with E-state index in [0.717, 1.165) is 35.2 Å². The van der Waals surface area contributed by atoms with Gasteiger partial charge in [-0.05, 0) is 25.1 Å². The van der Waals surface area contributed by atoms with Crippen LogP contribution in [0.4, 0.5) is 0 Å². The minimum absolute atomic E-state index is 0.161. The van der Waals surface area contributed by atoms with E-state index in [4.69, 9.17) is 9.47 Å². The first-order chi connectivity index (χ1) is 10.2. The Labute approximate surface area is 124 Å². The molecule has 0 amide bonds. The number of fused-ring (bicyclic) bond motifs is 1. The van der Waals surface area contributed by atoms with Gasteiger partial charge in [0.15, 0.2) is 0 Å². The Hall–Kier alpha value is -2.07. The van der Waals surface area contributed by atoms with Gasteiger partial charge in [-0.3, -0.25) is 0 Å². The molecule has 1 aliphatic rings. The van der Waals surface area contributed by atoms with Crippen molar-refractivity contribution >= 4 is 17.0 Å². The number of nitrogens with one attached hydrogen (secondary N) is 1. The maximum atomic E-state index is 6.06. The Morgan fingerprint density at radius 1 is 1.38 bits per heavy atom. The molecule has 2 aromatic rings. The molecule has 1 N–H and O–H groups in total. The molecule has 21 heavy (non-hydrogen) atoms. The van der Waals surface area contributed by atoms with Crippen molar-refractivity contribution in [3.8, 4) is 11.6 Å². The predicted octanol–water partition coefficient (Wildman–Crippen LogP) is 3.02.